The van der Waals surface area contributed by atoms with Crippen molar-refractivity contribution in [1.29, 1.82) is 0 Å². The SMILES string of the molecule is O=C(O)CC1CCc2ccoc2C1. The van der Waals surface area contributed by atoms with Crippen molar-refractivity contribution in [1.82, 2.24) is 0 Å². The monoisotopic (exact) mass is 180 g/mol. The molecule has 1 aromatic rings. The van der Waals surface area contributed by atoms with Crippen molar-refractivity contribution in [3.05, 3.63) is 23.7 Å². The van der Waals surface area contributed by atoms with E-state index in [2.05, 4.69) is 0 Å². The molecule has 1 aliphatic carbocycles. The van der Waals surface area contributed by atoms with Crippen LogP contribution in [0.1, 0.15) is 24.2 Å². The van der Waals surface area contributed by atoms with Crippen LogP contribution in [0.25, 0.3) is 0 Å². The highest BCUT2D eigenvalue weighted by molar-refractivity contribution is 5.67. The molecule has 0 saturated heterocycles. The van der Waals surface area contributed by atoms with Crippen LogP contribution in [0.4, 0.5) is 0 Å². The lowest BCUT2D eigenvalue weighted by molar-refractivity contribution is -0.138. The summed E-state index contributed by atoms with van der Waals surface area (Å²) < 4.78 is 5.27. The molecule has 1 heterocycles. The molecule has 3 nitrogen and oxygen atoms in total. The first-order valence-electron chi connectivity index (χ1n) is 4.52. The fourth-order valence-corrected chi connectivity index (χ4v) is 1.91. The van der Waals surface area contributed by atoms with Gasteiger partial charge in [0.2, 0.25) is 0 Å². The Bertz CT molecular complexity index is 314. The first-order chi connectivity index (χ1) is 6.25. The summed E-state index contributed by atoms with van der Waals surface area (Å²) >= 11 is 0. The van der Waals surface area contributed by atoms with Crippen LogP contribution in [0.15, 0.2) is 16.7 Å². The Morgan fingerprint density at radius 2 is 2.54 bits per heavy atom. The molecular weight excluding hydrogens is 168 g/mol. The summed E-state index contributed by atoms with van der Waals surface area (Å²) in [6.45, 7) is 0. The van der Waals surface area contributed by atoms with E-state index < -0.39 is 5.97 Å². The van der Waals surface area contributed by atoms with Gasteiger partial charge in [0.25, 0.3) is 0 Å². The molecule has 0 aliphatic heterocycles. The second-order valence-electron chi connectivity index (χ2n) is 3.58. The van der Waals surface area contributed by atoms with E-state index >= 15 is 0 Å². The summed E-state index contributed by atoms with van der Waals surface area (Å²) in [7, 11) is 0. The molecule has 0 aromatic carbocycles. The third kappa shape index (κ3) is 1.74. The Hall–Kier alpha value is -1.25. The molecule has 13 heavy (non-hydrogen) atoms. The van der Waals surface area contributed by atoms with E-state index in [1.54, 1.807) is 6.26 Å². The van der Waals surface area contributed by atoms with E-state index in [4.69, 9.17) is 9.52 Å². The van der Waals surface area contributed by atoms with Crippen LogP contribution in [0, 0.1) is 5.92 Å². The lowest BCUT2D eigenvalue weighted by Crippen LogP contribution is -2.16. The number of carbonyl (C=O) groups is 1. The van der Waals surface area contributed by atoms with Crippen LogP contribution in [0.2, 0.25) is 0 Å². The van der Waals surface area contributed by atoms with E-state index in [1.165, 1.54) is 5.56 Å². The lowest BCUT2D eigenvalue weighted by atomic mass is 9.86. The molecule has 0 spiro atoms. The normalized spacial score (nSPS) is 21.1. The smallest absolute Gasteiger partial charge is 0.303 e. The maximum absolute atomic E-state index is 10.5. The van der Waals surface area contributed by atoms with Crippen LogP contribution < -0.4 is 0 Å². The quantitative estimate of drug-likeness (QED) is 0.755. The molecule has 1 N–H and O–H groups in total. The van der Waals surface area contributed by atoms with Crippen molar-refractivity contribution < 1.29 is 14.3 Å². The number of carboxylic acids is 1. The summed E-state index contributed by atoms with van der Waals surface area (Å²) in [5.41, 5.74) is 1.25. The molecule has 0 radical (unpaired) electrons. The summed E-state index contributed by atoms with van der Waals surface area (Å²) in [6, 6.07) is 1.98. The van der Waals surface area contributed by atoms with Gasteiger partial charge in [0.1, 0.15) is 5.76 Å². The number of fused-ring (bicyclic) bond motifs is 1. The minimum atomic E-state index is -0.708. The van der Waals surface area contributed by atoms with Crippen molar-refractivity contribution in [2.75, 3.05) is 0 Å². The fourth-order valence-electron chi connectivity index (χ4n) is 1.91. The number of aryl methyl sites for hydroxylation is 1. The zero-order valence-corrected chi connectivity index (χ0v) is 7.32. The molecule has 1 aliphatic rings. The molecule has 0 amide bonds. The van der Waals surface area contributed by atoms with E-state index in [0.29, 0.717) is 0 Å². The first-order valence-corrected chi connectivity index (χ1v) is 4.52. The van der Waals surface area contributed by atoms with E-state index in [0.717, 1.165) is 25.0 Å². The largest absolute Gasteiger partial charge is 0.481 e. The van der Waals surface area contributed by atoms with Crippen LogP contribution in [-0.2, 0) is 17.6 Å². The second-order valence-corrected chi connectivity index (χ2v) is 3.58. The molecule has 1 atom stereocenters. The van der Waals surface area contributed by atoms with Gasteiger partial charge in [-0.15, -0.1) is 0 Å². The second kappa shape index (κ2) is 3.24. The van der Waals surface area contributed by atoms with E-state index in [-0.39, 0.29) is 12.3 Å². The molecule has 0 bridgehead atoms. The molecule has 3 heteroatoms. The lowest BCUT2D eigenvalue weighted by Gasteiger charge is -2.18. The summed E-state index contributed by atoms with van der Waals surface area (Å²) in [5.74, 6) is 0.536. The van der Waals surface area contributed by atoms with Gasteiger partial charge < -0.3 is 9.52 Å². The van der Waals surface area contributed by atoms with Crippen LogP contribution in [0.5, 0.6) is 0 Å². The summed E-state index contributed by atoms with van der Waals surface area (Å²) in [4.78, 5) is 10.5. The Morgan fingerprint density at radius 1 is 1.69 bits per heavy atom. The topological polar surface area (TPSA) is 50.4 Å². The van der Waals surface area contributed by atoms with Gasteiger partial charge in [0.15, 0.2) is 0 Å². The first kappa shape index (κ1) is 8.35. The summed E-state index contributed by atoms with van der Waals surface area (Å²) in [6.07, 6.45) is 4.67. The number of hydrogen-bond donors (Lipinski definition) is 1. The zero-order chi connectivity index (χ0) is 9.26. The number of aliphatic carboxylic acids is 1. The Balaban J connectivity index is 2.04. The Kier molecular flexibility index (Phi) is 2.08. The maximum atomic E-state index is 10.5. The average molecular weight is 180 g/mol. The predicted octanol–water partition coefficient (Wildman–Crippen LogP) is 1.86. The minimum absolute atomic E-state index is 0.260. The standard InChI is InChI=1S/C10H12O3/c11-10(12)6-7-1-2-8-3-4-13-9(8)5-7/h3-4,7H,1-2,5-6H2,(H,11,12). The van der Waals surface area contributed by atoms with Crippen molar-refractivity contribution in [2.45, 2.75) is 25.7 Å². The molecule has 1 unspecified atom stereocenters. The zero-order valence-electron chi connectivity index (χ0n) is 7.32. The number of furan rings is 1. The van der Waals surface area contributed by atoms with Crippen molar-refractivity contribution in [2.24, 2.45) is 5.92 Å². The van der Waals surface area contributed by atoms with Gasteiger partial charge >= 0.3 is 5.97 Å². The van der Waals surface area contributed by atoms with Crippen LogP contribution in [0.3, 0.4) is 0 Å². The van der Waals surface area contributed by atoms with Gasteiger partial charge in [-0.05, 0) is 30.4 Å². The number of hydrogen-bond acceptors (Lipinski definition) is 2. The molecule has 70 valence electrons. The van der Waals surface area contributed by atoms with Crippen molar-refractivity contribution in [3.63, 3.8) is 0 Å². The third-order valence-electron chi connectivity index (χ3n) is 2.60. The summed E-state index contributed by atoms with van der Waals surface area (Å²) in [5, 5.41) is 8.63. The van der Waals surface area contributed by atoms with E-state index in [1.807, 2.05) is 6.07 Å². The molecular formula is C10H12O3. The molecule has 2 rings (SSSR count). The van der Waals surface area contributed by atoms with Gasteiger partial charge in [0.05, 0.1) is 6.26 Å². The molecule has 1 aromatic heterocycles. The maximum Gasteiger partial charge on any atom is 0.303 e. The van der Waals surface area contributed by atoms with Crippen LogP contribution in [-0.4, -0.2) is 11.1 Å². The van der Waals surface area contributed by atoms with Crippen LogP contribution >= 0.6 is 0 Å². The van der Waals surface area contributed by atoms with Gasteiger partial charge in [0, 0.05) is 12.8 Å². The Labute approximate surface area is 76.4 Å². The average Bonchev–Trinajstić information content (AvgIpc) is 2.49. The van der Waals surface area contributed by atoms with Gasteiger partial charge in [-0.25, -0.2) is 0 Å². The van der Waals surface area contributed by atoms with Crippen molar-refractivity contribution >= 4 is 5.97 Å². The molecule has 0 fully saturated rings. The van der Waals surface area contributed by atoms with Crippen molar-refractivity contribution in [3.8, 4) is 0 Å². The minimum Gasteiger partial charge on any atom is -0.481 e. The number of rotatable bonds is 2. The fraction of sp³-hybridized carbons (Fsp3) is 0.500. The Morgan fingerprint density at radius 3 is 3.31 bits per heavy atom. The predicted molar refractivity (Wildman–Crippen MR) is 46.5 cm³/mol. The molecule has 0 saturated carbocycles. The highest BCUT2D eigenvalue weighted by Crippen LogP contribution is 2.27. The van der Waals surface area contributed by atoms with Gasteiger partial charge in [-0.3, -0.25) is 4.79 Å². The number of carboxylic acid groups (broad SMARTS) is 1. The highest BCUT2D eigenvalue weighted by atomic mass is 16.4. The van der Waals surface area contributed by atoms with E-state index in [9.17, 15) is 4.79 Å². The van der Waals surface area contributed by atoms with Gasteiger partial charge in [-0.1, -0.05) is 0 Å². The third-order valence-corrected chi connectivity index (χ3v) is 2.60. The highest BCUT2D eigenvalue weighted by Gasteiger charge is 2.22. The van der Waals surface area contributed by atoms with Gasteiger partial charge in [-0.2, -0.15) is 0 Å².